The van der Waals surface area contributed by atoms with Crippen molar-refractivity contribution in [3.8, 4) is 11.4 Å². The second-order valence-corrected chi connectivity index (χ2v) is 4.12. The molecule has 2 aromatic rings. The highest BCUT2D eigenvalue weighted by Crippen LogP contribution is 2.18. The van der Waals surface area contributed by atoms with E-state index >= 15 is 0 Å². The Kier molecular flexibility index (Phi) is 3.72. The lowest BCUT2D eigenvalue weighted by Crippen LogP contribution is -1.96. The normalized spacial score (nSPS) is 10.5. The Morgan fingerprint density at radius 1 is 1.44 bits per heavy atom. The van der Waals surface area contributed by atoms with Crippen LogP contribution in [0.5, 0.6) is 0 Å². The Labute approximate surface area is 105 Å². The van der Waals surface area contributed by atoms with Crippen molar-refractivity contribution in [1.29, 1.82) is 0 Å². The lowest BCUT2D eigenvalue weighted by molar-refractivity contribution is -0.137. The summed E-state index contributed by atoms with van der Waals surface area (Å²) in [6, 6.07) is 5.68. The van der Waals surface area contributed by atoms with E-state index in [4.69, 9.17) is 5.11 Å². The van der Waals surface area contributed by atoms with Gasteiger partial charge >= 0.3 is 5.97 Å². The van der Waals surface area contributed by atoms with Crippen LogP contribution in [0.4, 0.5) is 0 Å². The minimum Gasteiger partial charge on any atom is -0.481 e. The molecule has 2 rings (SSSR count). The van der Waals surface area contributed by atoms with E-state index in [-0.39, 0.29) is 6.42 Å². The standard InChI is InChI=1S/C13H15N3O2/c1-9-13(10-5-2-3-8-14-10)16-11(15-9)6-4-7-12(17)18/h2-3,5,8H,4,6-7H2,1H3,(H,15,16)(H,17,18). The number of hydrogen-bond donors (Lipinski definition) is 2. The molecule has 94 valence electrons. The van der Waals surface area contributed by atoms with Gasteiger partial charge in [-0.25, -0.2) is 4.98 Å². The summed E-state index contributed by atoms with van der Waals surface area (Å²) in [4.78, 5) is 22.3. The molecule has 0 unspecified atom stereocenters. The minimum atomic E-state index is -0.775. The predicted molar refractivity (Wildman–Crippen MR) is 67.1 cm³/mol. The van der Waals surface area contributed by atoms with Gasteiger partial charge in [0.2, 0.25) is 0 Å². The monoisotopic (exact) mass is 245 g/mol. The summed E-state index contributed by atoms with van der Waals surface area (Å²) in [7, 11) is 0. The molecule has 0 spiro atoms. The molecule has 2 N–H and O–H groups in total. The van der Waals surface area contributed by atoms with Gasteiger partial charge in [-0.1, -0.05) is 6.07 Å². The molecule has 0 aliphatic rings. The topological polar surface area (TPSA) is 78.9 Å². The van der Waals surface area contributed by atoms with Crippen molar-refractivity contribution in [2.45, 2.75) is 26.2 Å². The van der Waals surface area contributed by atoms with Crippen molar-refractivity contribution >= 4 is 5.97 Å². The fraction of sp³-hybridized carbons (Fsp3) is 0.308. The first-order chi connectivity index (χ1) is 8.66. The van der Waals surface area contributed by atoms with Gasteiger partial charge in [0.15, 0.2) is 0 Å². The molecule has 0 aliphatic heterocycles. The van der Waals surface area contributed by atoms with Crippen LogP contribution in [-0.4, -0.2) is 26.0 Å². The average molecular weight is 245 g/mol. The maximum atomic E-state index is 10.4. The predicted octanol–water partition coefficient (Wildman–Crippen LogP) is 2.19. The Morgan fingerprint density at radius 3 is 2.94 bits per heavy atom. The van der Waals surface area contributed by atoms with E-state index in [0.717, 1.165) is 22.9 Å². The van der Waals surface area contributed by atoms with Crippen LogP contribution in [0.1, 0.15) is 24.4 Å². The Morgan fingerprint density at radius 2 is 2.28 bits per heavy atom. The molecule has 0 atom stereocenters. The van der Waals surface area contributed by atoms with Gasteiger partial charge in [0.05, 0.1) is 5.69 Å². The number of carboxylic acids is 1. The van der Waals surface area contributed by atoms with Crippen LogP contribution in [-0.2, 0) is 11.2 Å². The third-order valence-electron chi connectivity index (χ3n) is 2.65. The summed E-state index contributed by atoms with van der Waals surface area (Å²) in [5, 5.41) is 8.59. The van der Waals surface area contributed by atoms with Gasteiger partial charge in [0, 0.05) is 24.7 Å². The molecule has 0 saturated heterocycles. The van der Waals surface area contributed by atoms with Crippen LogP contribution in [0, 0.1) is 6.92 Å². The highest BCUT2D eigenvalue weighted by Gasteiger charge is 2.09. The maximum Gasteiger partial charge on any atom is 0.303 e. The number of imidazole rings is 1. The number of aryl methyl sites for hydroxylation is 2. The zero-order valence-electron chi connectivity index (χ0n) is 10.2. The lowest BCUT2D eigenvalue weighted by atomic mass is 10.2. The molecule has 5 heteroatoms. The number of carboxylic acid groups (broad SMARTS) is 1. The van der Waals surface area contributed by atoms with Gasteiger partial charge in [-0.05, 0) is 25.5 Å². The van der Waals surface area contributed by atoms with Crippen molar-refractivity contribution in [2.75, 3.05) is 0 Å². The van der Waals surface area contributed by atoms with Crippen LogP contribution < -0.4 is 0 Å². The van der Waals surface area contributed by atoms with Crippen LogP contribution in [0.25, 0.3) is 11.4 Å². The van der Waals surface area contributed by atoms with Gasteiger partial charge < -0.3 is 10.1 Å². The molecule has 18 heavy (non-hydrogen) atoms. The Balaban J connectivity index is 2.10. The number of aromatic nitrogens is 3. The number of aliphatic carboxylic acids is 1. The largest absolute Gasteiger partial charge is 0.481 e. The quantitative estimate of drug-likeness (QED) is 0.846. The Hall–Kier alpha value is -2.17. The third kappa shape index (κ3) is 2.94. The molecule has 2 heterocycles. The summed E-state index contributed by atoms with van der Waals surface area (Å²) in [6.07, 6.45) is 3.12. The van der Waals surface area contributed by atoms with Gasteiger partial charge in [0.25, 0.3) is 0 Å². The van der Waals surface area contributed by atoms with Crippen LogP contribution in [0.15, 0.2) is 24.4 Å². The zero-order valence-corrected chi connectivity index (χ0v) is 10.2. The highest BCUT2D eigenvalue weighted by molar-refractivity contribution is 5.66. The van der Waals surface area contributed by atoms with Gasteiger partial charge in [0.1, 0.15) is 11.5 Å². The van der Waals surface area contributed by atoms with Crippen molar-refractivity contribution in [1.82, 2.24) is 15.0 Å². The Bertz CT molecular complexity index is 534. The average Bonchev–Trinajstić information content (AvgIpc) is 2.71. The number of nitrogens with one attached hydrogen (secondary N) is 1. The molecule has 0 saturated carbocycles. The van der Waals surface area contributed by atoms with Crippen LogP contribution in [0.3, 0.4) is 0 Å². The minimum absolute atomic E-state index is 0.165. The van der Waals surface area contributed by atoms with E-state index in [2.05, 4.69) is 15.0 Å². The molecule has 0 aromatic carbocycles. The van der Waals surface area contributed by atoms with E-state index in [1.165, 1.54) is 0 Å². The molecule has 5 nitrogen and oxygen atoms in total. The summed E-state index contributed by atoms with van der Waals surface area (Å²) in [5.74, 6) is 0.0395. The van der Waals surface area contributed by atoms with Gasteiger partial charge in [-0.3, -0.25) is 9.78 Å². The number of hydrogen-bond acceptors (Lipinski definition) is 3. The molecular weight excluding hydrogens is 230 g/mol. The number of H-pyrrole nitrogens is 1. The van der Waals surface area contributed by atoms with E-state index in [0.29, 0.717) is 12.8 Å². The first-order valence-corrected chi connectivity index (χ1v) is 5.85. The number of rotatable bonds is 5. The lowest BCUT2D eigenvalue weighted by Gasteiger charge is -1.95. The van der Waals surface area contributed by atoms with Crippen molar-refractivity contribution in [3.63, 3.8) is 0 Å². The smallest absolute Gasteiger partial charge is 0.303 e. The van der Waals surface area contributed by atoms with Crippen molar-refractivity contribution in [2.24, 2.45) is 0 Å². The number of nitrogens with zero attached hydrogens (tertiary/aromatic N) is 2. The van der Waals surface area contributed by atoms with E-state index < -0.39 is 5.97 Å². The second-order valence-electron chi connectivity index (χ2n) is 4.12. The summed E-state index contributed by atoms with van der Waals surface area (Å²) in [5.41, 5.74) is 2.62. The molecule has 0 fully saturated rings. The van der Waals surface area contributed by atoms with Crippen molar-refractivity contribution in [3.05, 3.63) is 35.9 Å². The SMILES string of the molecule is Cc1[nH]c(CCCC(=O)O)nc1-c1ccccn1. The third-order valence-corrected chi connectivity index (χ3v) is 2.65. The van der Waals surface area contributed by atoms with E-state index in [1.54, 1.807) is 6.20 Å². The molecule has 0 amide bonds. The van der Waals surface area contributed by atoms with Gasteiger partial charge in [-0.15, -0.1) is 0 Å². The fourth-order valence-electron chi connectivity index (χ4n) is 1.80. The van der Waals surface area contributed by atoms with Crippen LogP contribution in [0.2, 0.25) is 0 Å². The van der Waals surface area contributed by atoms with Crippen molar-refractivity contribution < 1.29 is 9.90 Å². The zero-order chi connectivity index (χ0) is 13.0. The second kappa shape index (κ2) is 5.44. The first kappa shape index (κ1) is 12.3. The number of carbonyl (C=O) groups is 1. The number of aromatic amines is 1. The summed E-state index contributed by atoms with van der Waals surface area (Å²) >= 11 is 0. The molecular formula is C13H15N3O2. The van der Waals surface area contributed by atoms with Crippen LogP contribution >= 0.6 is 0 Å². The maximum absolute atomic E-state index is 10.4. The molecule has 2 aromatic heterocycles. The summed E-state index contributed by atoms with van der Waals surface area (Å²) < 4.78 is 0. The molecule has 0 aliphatic carbocycles. The number of pyridine rings is 1. The fourth-order valence-corrected chi connectivity index (χ4v) is 1.80. The highest BCUT2D eigenvalue weighted by atomic mass is 16.4. The first-order valence-electron chi connectivity index (χ1n) is 5.85. The summed E-state index contributed by atoms with van der Waals surface area (Å²) in [6.45, 7) is 1.94. The van der Waals surface area contributed by atoms with E-state index in [9.17, 15) is 4.79 Å². The molecule has 0 radical (unpaired) electrons. The van der Waals surface area contributed by atoms with Gasteiger partial charge in [-0.2, -0.15) is 0 Å². The molecule has 0 bridgehead atoms. The van der Waals surface area contributed by atoms with E-state index in [1.807, 2.05) is 25.1 Å².